The van der Waals surface area contributed by atoms with Gasteiger partial charge in [0.25, 0.3) is 5.69 Å². The lowest BCUT2D eigenvalue weighted by atomic mass is 9.99. The minimum Gasteiger partial charge on any atom is -0.493 e. The van der Waals surface area contributed by atoms with Crippen LogP contribution in [0.3, 0.4) is 0 Å². The highest BCUT2D eigenvalue weighted by Crippen LogP contribution is 2.35. The number of nitrogens with zero attached hydrogens (tertiary/aromatic N) is 2. The topological polar surface area (TPSA) is 112 Å². The van der Waals surface area contributed by atoms with Crippen LogP contribution in [-0.2, 0) is 6.42 Å². The van der Waals surface area contributed by atoms with Crippen molar-refractivity contribution in [3.05, 3.63) is 69.5 Å². The van der Waals surface area contributed by atoms with Gasteiger partial charge in [-0.15, -0.1) is 0 Å². The van der Waals surface area contributed by atoms with Gasteiger partial charge in [-0.3, -0.25) is 15.1 Å². The molecular weight excluding hydrogens is 352 g/mol. The van der Waals surface area contributed by atoms with Crippen LogP contribution in [0.2, 0.25) is 0 Å². The summed E-state index contributed by atoms with van der Waals surface area (Å²) in [6.45, 7) is 0. The first-order valence-electron chi connectivity index (χ1n) is 7.94. The van der Waals surface area contributed by atoms with Gasteiger partial charge in [-0.25, -0.2) is 4.79 Å². The van der Waals surface area contributed by atoms with E-state index in [1.54, 1.807) is 24.3 Å². The minimum atomic E-state index is -1.11. The first-order valence-corrected chi connectivity index (χ1v) is 7.94. The van der Waals surface area contributed by atoms with Crippen molar-refractivity contribution >= 4 is 22.4 Å². The Labute approximate surface area is 154 Å². The third kappa shape index (κ3) is 3.50. The molecule has 2 aromatic carbocycles. The number of carboxylic acid groups (broad SMARTS) is 1. The van der Waals surface area contributed by atoms with Crippen molar-refractivity contribution in [3.63, 3.8) is 0 Å². The van der Waals surface area contributed by atoms with Crippen molar-refractivity contribution in [1.29, 1.82) is 0 Å². The van der Waals surface area contributed by atoms with Gasteiger partial charge in [0.05, 0.1) is 30.4 Å². The molecule has 8 nitrogen and oxygen atoms in total. The number of benzene rings is 2. The summed E-state index contributed by atoms with van der Waals surface area (Å²) < 4.78 is 10.6. The zero-order valence-electron chi connectivity index (χ0n) is 14.6. The summed E-state index contributed by atoms with van der Waals surface area (Å²) in [5, 5.41) is 21.5. The van der Waals surface area contributed by atoms with Gasteiger partial charge in [-0.05, 0) is 17.7 Å². The molecule has 0 aliphatic heterocycles. The summed E-state index contributed by atoms with van der Waals surface area (Å²) in [6, 6.07) is 9.50. The Morgan fingerprint density at radius 1 is 1.15 bits per heavy atom. The number of rotatable bonds is 6. The number of hydrogen-bond donors (Lipinski definition) is 1. The smallest absolute Gasteiger partial charge is 0.337 e. The highest BCUT2D eigenvalue weighted by Gasteiger charge is 2.17. The number of pyridine rings is 1. The standard InChI is InChI=1S/C19H16N2O6/c1-26-17-8-13-14(9-18(17)27-2)16(20-10-15(13)19(22)23)7-11-4-3-5-12(6-11)21(24)25/h3-6,8-10H,7H2,1-2H3,(H,22,23). The highest BCUT2D eigenvalue weighted by molar-refractivity contribution is 6.05. The Morgan fingerprint density at radius 2 is 1.81 bits per heavy atom. The lowest BCUT2D eigenvalue weighted by Gasteiger charge is -2.13. The molecule has 27 heavy (non-hydrogen) atoms. The highest BCUT2D eigenvalue weighted by atomic mass is 16.6. The average molecular weight is 368 g/mol. The van der Waals surface area contributed by atoms with E-state index in [-0.39, 0.29) is 11.3 Å². The van der Waals surface area contributed by atoms with Crippen molar-refractivity contribution < 1.29 is 24.3 Å². The lowest BCUT2D eigenvalue weighted by Crippen LogP contribution is -2.04. The van der Waals surface area contributed by atoms with E-state index in [0.29, 0.717) is 39.9 Å². The van der Waals surface area contributed by atoms with Crippen LogP contribution in [0.25, 0.3) is 10.8 Å². The SMILES string of the molecule is COc1cc2c(C(=O)O)cnc(Cc3cccc([N+](=O)[O-])c3)c2cc1OC. The average Bonchev–Trinajstić information content (AvgIpc) is 2.67. The van der Waals surface area contributed by atoms with Gasteiger partial charge < -0.3 is 14.6 Å². The molecule has 0 fully saturated rings. The maximum absolute atomic E-state index is 11.6. The molecule has 0 aliphatic carbocycles. The van der Waals surface area contributed by atoms with Gasteiger partial charge in [0.1, 0.15) is 0 Å². The first kappa shape index (κ1) is 18.1. The maximum atomic E-state index is 11.6. The summed E-state index contributed by atoms with van der Waals surface area (Å²) in [7, 11) is 2.95. The number of nitro benzene ring substituents is 1. The predicted octanol–water partition coefficient (Wildman–Crippen LogP) is 3.45. The van der Waals surface area contributed by atoms with E-state index < -0.39 is 10.9 Å². The van der Waals surface area contributed by atoms with E-state index in [9.17, 15) is 20.0 Å². The van der Waals surface area contributed by atoms with Gasteiger partial charge in [-0.2, -0.15) is 0 Å². The second-order valence-electron chi connectivity index (χ2n) is 5.78. The molecule has 0 saturated heterocycles. The van der Waals surface area contributed by atoms with Gasteiger partial charge in [0.2, 0.25) is 0 Å². The van der Waals surface area contributed by atoms with Crippen molar-refractivity contribution in [2.45, 2.75) is 6.42 Å². The van der Waals surface area contributed by atoms with Crippen molar-refractivity contribution in [3.8, 4) is 11.5 Å². The number of non-ortho nitro benzene ring substituents is 1. The van der Waals surface area contributed by atoms with E-state index >= 15 is 0 Å². The molecule has 0 radical (unpaired) electrons. The molecule has 0 aliphatic rings. The third-order valence-electron chi connectivity index (χ3n) is 4.20. The summed E-state index contributed by atoms with van der Waals surface area (Å²) in [6.07, 6.45) is 1.58. The molecule has 1 N–H and O–H groups in total. The number of methoxy groups -OCH3 is 2. The van der Waals surface area contributed by atoms with Crippen LogP contribution in [0, 0.1) is 10.1 Å². The fourth-order valence-corrected chi connectivity index (χ4v) is 2.91. The summed E-state index contributed by atoms with van der Waals surface area (Å²) in [5.41, 5.74) is 1.29. The van der Waals surface area contributed by atoms with Gasteiger partial charge >= 0.3 is 5.97 Å². The van der Waals surface area contributed by atoms with Gasteiger partial charge in [0, 0.05) is 35.5 Å². The maximum Gasteiger partial charge on any atom is 0.337 e. The summed E-state index contributed by atoms with van der Waals surface area (Å²) in [4.78, 5) is 26.4. The zero-order chi connectivity index (χ0) is 19.6. The molecule has 0 atom stereocenters. The van der Waals surface area contributed by atoms with E-state index in [1.165, 1.54) is 32.5 Å². The Hall–Kier alpha value is -3.68. The Kier molecular flexibility index (Phi) is 4.89. The molecule has 3 rings (SSSR count). The van der Waals surface area contributed by atoms with Crippen LogP contribution in [0.1, 0.15) is 21.6 Å². The fourth-order valence-electron chi connectivity index (χ4n) is 2.91. The summed E-state index contributed by atoms with van der Waals surface area (Å²) in [5.74, 6) is -0.267. The number of nitro groups is 1. The number of fused-ring (bicyclic) bond motifs is 1. The Morgan fingerprint density at radius 3 is 2.41 bits per heavy atom. The molecular formula is C19H16N2O6. The van der Waals surface area contributed by atoms with Crippen LogP contribution < -0.4 is 9.47 Å². The van der Waals surface area contributed by atoms with E-state index in [1.807, 2.05) is 0 Å². The molecule has 138 valence electrons. The number of aromatic carboxylic acids is 1. The van der Waals surface area contributed by atoms with Gasteiger partial charge in [-0.1, -0.05) is 12.1 Å². The fraction of sp³-hybridized carbons (Fsp3) is 0.158. The Balaban J connectivity index is 2.18. The molecule has 0 spiro atoms. The Bertz CT molecular complexity index is 1050. The predicted molar refractivity (Wildman–Crippen MR) is 97.7 cm³/mol. The van der Waals surface area contributed by atoms with Crippen LogP contribution >= 0.6 is 0 Å². The molecule has 0 bridgehead atoms. The summed E-state index contributed by atoms with van der Waals surface area (Å²) >= 11 is 0. The van der Waals surface area contributed by atoms with Crippen molar-refractivity contribution in [2.24, 2.45) is 0 Å². The van der Waals surface area contributed by atoms with Crippen molar-refractivity contribution in [2.75, 3.05) is 14.2 Å². The first-order chi connectivity index (χ1) is 12.9. The number of carbonyl (C=O) groups is 1. The normalized spacial score (nSPS) is 10.6. The van der Waals surface area contributed by atoms with Crippen LogP contribution in [0.5, 0.6) is 11.5 Å². The molecule has 0 unspecified atom stereocenters. The third-order valence-corrected chi connectivity index (χ3v) is 4.20. The zero-order valence-corrected chi connectivity index (χ0v) is 14.6. The molecule has 3 aromatic rings. The van der Waals surface area contributed by atoms with Crippen LogP contribution in [0.4, 0.5) is 5.69 Å². The second kappa shape index (κ2) is 7.28. The number of aromatic nitrogens is 1. The van der Waals surface area contributed by atoms with Crippen LogP contribution in [-0.4, -0.2) is 35.2 Å². The monoisotopic (exact) mass is 368 g/mol. The van der Waals surface area contributed by atoms with E-state index in [2.05, 4.69) is 4.98 Å². The number of hydrogen-bond acceptors (Lipinski definition) is 6. The van der Waals surface area contributed by atoms with E-state index in [4.69, 9.17) is 9.47 Å². The quantitative estimate of drug-likeness (QED) is 0.524. The van der Waals surface area contributed by atoms with Gasteiger partial charge in [0.15, 0.2) is 11.5 Å². The molecule has 8 heteroatoms. The van der Waals surface area contributed by atoms with Crippen molar-refractivity contribution in [1.82, 2.24) is 4.98 Å². The molecule has 1 aromatic heterocycles. The number of carboxylic acids is 1. The second-order valence-corrected chi connectivity index (χ2v) is 5.78. The van der Waals surface area contributed by atoms with E-state index in [0.717, 1.165) is 0 Å². The van der Waals surface area contributed by atoms with Crippen LogP contribution in [0.15, 0.2) is 42.6 Å². The minimum absolute atomic E-state index is 0.0155. The molecule has 0 saturated carbocycles. The molecule has 0 amide bonds. The largest absolute Gasteiger partial charge is 0.493 e. The molecule has 1 heterocycles. The number of ether oxygens (including phenoxy) is 2. The lowest BCUT2D eigenvalue weighted by molar-refractivity contribution is -0.384.